The second-order valence-corrected chi connectivity index (χ2v) is 15.1. The van der Waals surface area contributed by atoms with E-state index in [2.05, 4.69) is 5.43 Å². The molecule has 2 heterocycles. The number of nitrogens with one attached hydrogen (secondary N) is 1. The lowest BCUT2D eigenvalue weighted by Crippen LogP contribution is -2.53. The van der Waals surface area contributed by atoms with Crippen LogP contribution < -0.4 is 5.43 Å². The fraction of sp³-hybridized carbons (Fsp3) is 0.310. The molecule has 1 saturated carbocycles. The van der Waals surface area contributed by atoms with Crippen molar-refractivity contribution in [2.75, 3.05) is 12.0 Å². The summed E-state index contributed by atoms with van der Waals surface area (Å²) in [6.45, 7) is 0.170. The second kappa shape index (κ2) is 13.7. The third-order valence-electron chi connectivity index (χ3n) is 11.9. The quantitative estimate of drug-likeness (QED) is 0.0897. The number of hydrazine groups is 1. The molecular formula is C42H37ClFN3O7. The van der Waals surface area contributed by atoms with Crippen molar-refractivity contribution in [3.05, 3.63) is 119 Å². The topological polar surface area (TPSA) is 144 Å². The van der Waals surface area contributed by atoms with Crippen LogP contribution in [0.25, 0.3) is 10.8 Å². The van der Waals surface area contributed by atoms with Crippen molar-refractivity contribution in [2.24, 2.45) is 23.7 Å². The van der Waals surface area contributed by atoms with Crippen LogP contribution >= 0.6 is 11.6 Å². The molecule has 276 valence electrons. The van der Waals surface area contributed by atoms with Crippen LogP contribution in [0.3, 0.4) is 0 Å². The zero-order valence-electron chi connectivity index (χ0n) is 29.1. The summed E-state index contributed by atoms with van der Waals surface area (Å²) in [6, 6.07) is 22.8. The Hall–Kier alpha value is -5.55. The molecule has 0 aromatic heterocycles. The molecule has 6 atom stereocenters. The lowest BCUT2D eigenvalue weighted by atomic mass is 9.49. The summed E-state index contributed by atoms with van der Waals surface area (Å²) >= 11 is 6.39. The van der Waals surface area contributed by atoms with Crippen LogP contribution in [0.1, 0.15) is 55.6 Å². The number of hydrogen-bond acceptors (Lipinski definition) is 7. The average Bonchev–Trinajstić information content (AvgIpc) is 3.53. The molecule has 2 aliphatic carbocycles. The number of aromatic hydroxyl groups is 1. The van der Waals surface area contributed by atoms with E-state index in [-0.39, 0.29) is 43.4 Å². The highest BCUT2D eigenvalue weighted by Crippen LogP contribution is 2.64. The fourth-order valence-corrected chi connectivity index (χ4v) is 9.69. The Bertz CT molecular complexity index is 2240. The van der Waals surface area contributed by atoms with Crippen LogP contribution in [0.4, 0.5) is 10.1 Å². The highest BCUT2D eigenvalue weighted by atomic mass is 35.5. The molecule has 0 bridgehead atoms. The number of carboxylic acids is 1. The third kappa shape index (κ3) is 5.55. The van der Waals surface area contributed by atoms with E-state index in [4.69, 9.17) is 16.7 Å². The molecule has 2 saturated heterocycles. The summed E-state index contributed by atoms with van der Waals surface area (Å²) < 4.78 is 13.9. The summed E-state index contributed by atoms with van der Waals surface area (Å²) in [5, 5.41) is 22.7. The van der Waals surface area contributed by atoms with Gasteiger partial charge in [-0.05, 0) is 90.6 Å². The second-order valence-electron chi connectivity index (χ2n) is 14.6. The number of carbonyl (C=O) groups is 5. The van der Waals surface area contributed by atoms with Crippen molar-refractivity contribution in [3.63, 3.8) is 0 Å². The first kappa shape index (κ1) is 35.5. The molecule has 3 fully saturated rings. The number of imide groups is 2. The number of aliphatic carboxylic acids is 1. The highest BCUT2D eigenvalue weighted by molar-refractivity contribution is 6.30. The number of benzene rings is 4. The predicted octanol–water partition coefficient (Wildman–Crippen LogP) is 6.97. The lowest BCUT2D eigenvalue weighted by Gasteiger charge is -2.51. The van der Waals surface area contributed by atoms with Crippen LogP contribution in [0.2, 0.25) is 5.02 Å². The normalized spacial score (nSPS) is 26.1. The number of hydrogen-bond donors (Lipinski definition) is 3. The first-order valence-corrected chi connectivity index (χ1v) is 18.5. The van der Waals surface area contributed by atoms with Gasteiger partial charge in [-0.3, -0.25) is 34.3 Å². The van der Waals surface area contributed by atoms with Crippen LogP contribution in [-0.4, -0.2) is 56.3 Å². The Balaban J connectivity index is 1.29. The number of halogens is 2. The van der Waals surface area contributed by atoms with Gasteiger partial charge in [-0.1, -0.05) is 72.1 Å². The summed E-state index contributed by atoms with van der Waals surface area (Å²) in [5.41, 5.74) is 3.71. The first-order chi connectivity index (χ1) is 26.0. The smallest absolute Gasteiger partial charge is 0.303 e. The molecule has 12 heteroatoms. The minimum atomic E-state index is -1.56. The Morgan fingerprint density at radius 3 is 2.30 bits per heavy atom. The standard InChI is InChI=1S/C42H37ClFN3O7/c43-24-11-9-23(10-12-24)42-33(39(52)47(41(42)54)45-26-15-13-25(44)14-16-26)22-32-30(37(42)29-19-20-34(48)28-7-4-3-6-27(28)29)17-18-31-36(32)40(53)46(38(31)51)21-5-1-2-8-35(49)50/h3-4,6-7,9-17,19-20,31-33,36-37,45,48H,1-2,5,8,18,21-22H2,(H,49,50). The van der Waals surface area contributed by atoms with Crippen LogP contribution in [0.5, 0.6) is 5.75 Å². The van der Waals surface area contributed by atoms with E-state index in [0.717, 1.165) is 10.6 Å². The average molecular weight is 750 g/mol. The zero-order chi connectivity index (χ0) is 37.9. The third-order valence-corrected chi connectivity index (χ3v) is 12.1. The van der Waals surface area contributed by atoms with Crippen molar-refractivity contribution in [1.82, 2.24) is 9.91 Å². The van der Waals surface area contributed by atoms with E-state index in [1.165, 1.54) is 29.2 Å². The predicted molar refractivity (Wildman–Crippen MR) is 197 cm³/mol. The summed E-state index contributed by atoms with van der Waals surface area (Å²) in [6.07, 6.45) is 3.77. The molecule has 3 N–H and O–H groups in total. The zero-order valence-corrected chi connectivity index (χ0v) is 29.8. The Labute approximate surface area is 315 Å². The lowest BCUT2D eigenvalue weighted by molar-refractivity contribution is -0.141. The number of unbranched alkanes of at least 4 members (excludes halogenated alkanes) is 2. The fourth-order valence-electron chi connectivity index (χ4n) is 9.57. The monoisotopic (exact) mass is 749 g/mol. The molecule has 8 rings (SSSR count). The Morgan fingerprint density at radius 2 is 1.57 bits per heavy atom. The SMILES string of the molecule is O=C(O)CCCCCN1C(=O)C2CC=C3C(CC4C(=O)N(Nc5ccc(F)cc5)C(=O)C4(c4ccc(Cl)cc4)C3c3ccc(O)c4ccccc34)C2C1=O. The molecule has 10 nitrogen and oxygen atoms in total. The number of fused-ring (bicyclic) bond motifs is 5. The number of nitrogens with zero attached hydrogens (tertiary/aromatic N) is 2. The number of allylic oxidation sites excluding steroid dienone is 2. The minimum absolute atomic E-state index is 0.00632. The van der Waals surface area contributed by atoms with Gasteiger partial charge in [0.25, 0.3) is 11.8 Å². The highest BCUT2D eigenvalue weighted by Gasteiger charge is 2.70. The number of phenols is 1. The maximum atomic E-state index is 15.4. The summed E-state index contributed by atoms with van der Waals surface area (Å²) in [7, 11) is 0. The summed E-state index contributed by atoms with van der Waals surface area (Å²) in [4.78, 5) is 70.8. The maximum absolute atomic E-state index is 15.4. The van der Waals surface area contributed by atoms with Gasteiger partial charge in [0.15, 0.2) is 0 Å². The number of rotatable bonds is 10. The summed E-state index contributed by atoms with van der Waals surface area (Å²) in [5.74, 6) is -6.85. The van der Waals surface area contributed by atoms with Gasteiger partial charge in [0, 0.05) is 29.3 Å². The van der Waals surface area contributed by atoms with Crippen molar-refractivity contribution in [2.45, 2.75) is 49.9 Å². The van der Waals surface area contributed by atoms with Crippen molar-refractivity contribution in [1.29, 1.82) is 0 Å². The van der Waals surface area contributed by atoms with E-state index in [9.17, 15) is 28.7 Å². The van der Waals surface area contributed by atoms with Crippen molar-refractivity contribution >= 4 is 57.7 Å². The number of anilines is 1. The molecule has 0 spiro atoms. The number of carbonyl (C=O) groups excluding carboxylic acids is 4. The largest absolute Gasteiger partial charge is 0.507 e. The number of phenolic OH excluding ortho intramolecular Hbond substituents is 1. The minimum Gasteiger partial charge on any atom is -0.507 e. The molecule has 4 aromatic carbocycles. The molecular weight excluding hydrogens is 713 g/mol. The molecule has 2 aliphatic heterocycles. The number of amides is 4. The molecule has 54 heavy (non-hydrogen) atoms. The van der Waals surface area contributed by atoms with Gasteiger partial charge in [-0.2, -0.15) is 5.01 Å². The van der Waals surface area contributed by atoms with Crippen LogP contribution in [0.15, 0.2) is 96.6 Å². The van der Waals surface area contributed by atoms with Gasteiger partial charge < -0.3 is 10.2 Å². The number of carboxylic acid groups (broad SMARTS) is 1. The van der Waals surface area contributed by atoms with E-state index in [1.807, 2.05) is 18.2 Å². The Kier molecular flexibility index (Phi) is 9.00. The van der Waals surface area contributed by atoms with E-state index >= 15 is 4.79 Å². The molecule has 6 unspecified atom stereocenters. The molecule has 4 aliphatic rings. The van der Waals surface area contributed by atoms with Crippen LogP contribution in [0, 0.1) is 29.5 Å². The molecule has 0 radical (unpaired) electrons. The van der Waals surface area contributed by atoms with Gasteiger partial charge in [-0.25, -0.2) is 4.39 Å². The van der Waals surface area contributed by atoms with E-state index in [0.29, 0.717) is 51.9 Å². The van der Waals surface area contributed by atoms with Gasteiger partial charge in [0.2, 0.25) is 11.8 Å². The van der Waals surface area contributed by atoms with Crippen molar-refractivity contribution < 1.29 is 38.6 Å². The van der Waals surface area contributed by atoms with E-state index < -0.39 is 58.6 Å². The first-order valence-electron chi connectivity index (χ1n) is 18.2. The van der Waals surface area contributed by atoms with Gasteiger partial charge >= 0.3 is 5.97 Å². The Morgan fingerprint density at radius 1 is 0.852 bits per heavy atom. The maximum Gasteiger partial charge on any atom is 0.303 e. The van der Waals surface area contributed by atoms with Crippen molar-refractivity contribution in [3.8, 4) is 5.75 Å². The number of likely N-dealkylation sites (tertiary alicyclic amines) is 1. The molecule has 4 amide bonds. The van der Waals surface area contributed by atoms with Gasteiger partial charge in [-0.15, -0.1) is 0 Å². The van der Waals surface area contributed by atoms with Gasteiger partial charge in [0.1, 0.15) is 11.6 Å². The van der Waals surface area contributed by atoms with Crippen LogP contribution in [-0.2, 0) is 29.4 Å². The van der Waals surface area contributed by atoms with Gasteiger partial charge in [0.05, 0.1) is 28.9 Å². The molecule has 4 aromatic rings. The van der Waals surface area contributed by atoms with E-state index in [1.54, 1.807) is 48.5 Å².